The molecule has 2 nitrogen and oxygen atoms in total. The lowest BCUT2D eigenvalue weighted by atomic mass is 10.1. The molecule has 1 unspecified atom stereocenters. The Morgan fingerprint density at radius 3 is 2.47 bits per heavy atom. The molecule has 0 fully saturated rings. The van der Waals surface area contributed by atoms with E-state index in [4.69, 9.17) is 4.74 Å². The van der Waals surface area contributed by atoms with E-state index in [-0.39, 0.29) is 0 Å². The summed E-state index contributed by atoms with van der Waals surface area (Å²) < 4.78 is 6.77. The van der Waals surface area contributed by atoms with Gasteiger partial charge in [0.05, 0.1) is 12.6 Å². The minimum absolute atomic E-state index is 0.301. The van der Waals surface area contributed by atoms with E-state index in [1.807, 2.05) is 0 Å². The first-order valence-corrected chi connectivity index (χ1v) is 7.13. The largest absolute Gasteiger partial charge is 0.379 e. The van der Waals surface area contributed by atoms with Gasteiger partial charge in [-0.1, -0.05) is 41.9 Å². The highest BCUT2D eigenvalue weighted by atomic mass is 79.9. The van der Waals surface area contributed by atoms with Crippen LogP contribution in [0.15, 0.2) is 28.7 Å². The van der Waals surface area contributed by atoms with Gasteiger partial charge in [0.25, 0.3) is 0 Å². The first-order valence-electron chi connectivity index (χ1n) is 6.34. The van der Waals surface area contributed by atoms with E-state index < -0.39 is 0 Å². The van der Waals surface area contributed by atoms with Crippen molar-refractivity contribution in [2.24, 2.45) is 0 Å². The Hall–Kier alpha value is -0.380. The number of halogens is 1. The van der Waals surface area contributed by atoms with Crippen molar-refractivity contribution in [3.05, 3.63) is 34.3 Å². The minimum atomic E-state index is 0.301. The van der Waals surface area contributed by atoms with Crippen LogP contribution in [0.25, 0.3) is 0 Å². The second-order valence-corrected chi connectivity index (χ2v) is 5.05. The number of hydrogen-bond acceptors (Lipinski definition) is 2. The van der Waals surface area contributed by atoms with Crippen LogP contribution >= 0.6 is 15.9 Å². The van der Waals surface area contributed by atoms with Gasteiger partial charge in [-0.05, 0) is 37.1 Å². The van der Waals surface area contributed by atoms with E-state index >= 15 is 0 Å². The van der Waals surface area contributed by atoms with Crippen LogP contribution in [0.5, 0.6) is 0 Å². The highest BCUT2D eigenvalue weighted by Gasteiger charge is 2.10. The summed E-state index contributed by atoms with van der Waals surface area (Å²) in [5.74, 6) is 0. The van der Waals surface area contributed by atoms with Crippen LogP contribution in [0.1, 0.15) is 38.3 Å². The predicted octanol–water partition coefficient (Wildman–Crippen LogP) is 3.92. The lowest BCUT2D eigenvalue weighted by Gasteiger charge is -2.19. The van der Waals surface area contributed by atoms with Gasteiger partial charge >= 0.3 is 0 Å². The van der Waals surface area contributed by atoms with E-state index in [0.717, 1.165) is 37.1 Å². The quantitative estimate of drug-likeness (QED) is 0.735. The van der Waals surface area contributed by atoms with Crippen molar-refractivity contribution in [3.8, 4) is 0 Å². The maximum absolute atomic E-state index is 5.65. The summed E-state index contributed by atoms with van der Waals surface area (Å²) in [6.07, 6.45) is 2.21. The first-order chi connectivity index (χ1) is 8.27. The van der Waals surface area contributed by atoms with Gasteiger partial charge in [0.1, 0.15) is 0 Å². The molecule has 1 aromatic rings. The van der Waals surface area contributed by atoms with Gasteiger partial charge in [0.15, 0.2) is 0 Å². The van der Waals surface area contributed by atoms with Crippen molar-refractivity contribution in [3.63, 3.8) is 0 Å². The normalized spacial score (nSPS) is 12.6. The van der Waals surface area contributed by atoms with Crippen LogP contribution in [0, 0.1) is 0 Å². The Morgan fingerprint density at radius 2 is 1.88 bits per heavy atom. The van der Waals surface area contributed by atoms with Crippen LogP contribution in [-0.4, -0.2) is 19.8 Å². The lowest BCUT2D eigenvalue weighted by Crippen LogP contribution is -2.26. The average molecular weight is 300 g/mol. The molecular weight excluding hydrogens is 278 g/mol. The summed E-state index contributed by atoms with van der Waals surface area (Å²) in [4.78, 5) is 0. The summed E-state index contributed by atoms with van der Waals surface area (Å²) in [6, 6.07) is 8.75. The molecule has 0 saturated heterocycles. The number of rotatable bonds is 8. The number of nitrogens with one attached hydrogen (secondary N) is 1. The standard InChI is InChI=1S/C14H22BrNO/c1-3-9-16-14(11-17-10-4-2)12-5-7-13(15)8-6-12/h5-8,14,16H,3-4,9-11H2,1-2H3. The second kappa shape index (κ2) is 8.67. The summed E-state index contributed by atoms with van der Waals surface area (Å²) in [5.41, 5.74) is 1.29. The molecule has 1 atom stereocenters. The Bertz CT molecular complexity index is 300. The smallest absolute Gasteiger partial charge is 0.0661 e. The Labute approximate surface area is 113 Å². The van der Waals surface area contributed by atoms with Crippen LogP contribution < -0.4 is 5.32 Å². The number of benzene rings is 1. The zero-order valence-corrected chi connectivity index (χ0v) is 12.3. The highest BCUT2D eigenvalue weighted by Crippen LogP contribution is 2.17. The Balaban J connectivity index is 2.57. The van der Waals surface area contributed by atoms with Crippen molar-refractivity contribution < 1.29 is 4.74 Å². The van der Waals surface area contributed by atoms with Crippen molar-refractivity contribution in [2.75, 3.05) is 19.8 Å². The third-order valence-corrected chi connectivity index (χ3v) is 3.07. The van der Waals surface area contributed by atoms with Crippen molar-refractivity contribution in [1.29, 1.82) is 0 Å². The fraction of sp³-hybridized carbons (Fsp3) is 0.571. The van der Waals surface area contributed by atoms with Crippen LogP contribution in [0.3, 0.4) is 0 Å². The molecule has 0 amide bonds. The molecule has 0 bridgehead atoms. The molecule has 0 aliphatic heterocycles. The van der Waals surface area contributed by atoms with Gasteiger partial charge in [-0.25, -0.2) is 0 Å². The monoisotopic (exact) mass is 299 g/mol. The van der Waals surface area contributed by atoms with Gasteiger partial charge < -0.3 is 10.1 Å². The number of hydrogen-bond donors (Lipinski definition) is 1. The van der Waals surface area contributed by atoms with E-state index in [1.165, 1.54) is 5.56 Å². The van der Waals surface area contributed by atoms with Crippen LogP contribution in [0.2, 0.25) is 0 Å². The minimum Gasteiger partial charge on any atom is -0.379 e. The molecule has 1 rings (SSSR count). The molecule has 1 aromatic carbocycles. The summed E-state index contributed by atoms with van der Waals surface area (Å²) >= 11 is 3.46. The maximum atomic E-state index is 5.65. The van der Waals surface area contributed by atoms with Crippen molar-refractivity contribution in [1.82, 2.24) is 5.32 Å². The Kier molecular flexibility index (Phi) is 7.49. The third kappa shape index (κ3) is 5.66. The zero-order chi connectivity index (χ0) is 12.5. The topological polar surface area (TPSA) is 21.3 Å². The maximum Gasteiger partial charge on any atom is 0.0661 e. The fourth-order valence-electron chi connectivity index (χ4n) is 1.63. The van der Waals surface area contributed by atoms with E-state index in [2.05, 4.69) is 59.4 Å². The molecule has 0 aromatic heterocycles. The molecule has 0 heterocycles. The molecule has 0 aliphatic carbocycles. The van der Waals surface area contributed by atoms with Gasteiger partial charge in [0.2, 0.25) is 0 Å². The molecule has 17 heavy (non-hydrogen) atoms. The van der Waals surface area contributed by atoms with Crippen molar-refractivity contribution >= 4 is 15.9 Å². The number of ether oxygens (including phenoxy) is 1. The highest BCUT2D eigenvalue weighted by molar-refractivity contribution is 9.10. The molecule has 3 heteroatoms. The predicted molar refractivity (Wildman–Crippen MR) is 76.3 cm³/mol. The zero-order valence-electron chi connectivity index (χ0n) is 10.7. The summed E-state index contributed by atoms with van der Waals surface area (Å²) in [6.45, 7) is 6.92. The summed E-state index contributed by atoms with van der Waals surface area (Å²) in [5, 5.41) is 3.52. The fourth-order valence-corrected chi connectivity index (χ4v) is 1.90. The molecule has 1 N–H and O–H groups in total. The van der Waals surface area contributed by atoms with Gasteiger partial charge in [-0.3, -0.25) is 0 Å². The molecule has 0 spiro atoms. The van der Waals surface area contributed by atoms with E-state index in [9.17, 15) is 0 Å². The van der Waals surface area contributed by atoms with Crippen molar-refractivity contribution in [2.45, 2.75) is 32.7 Å². The molecule has 0 aliphatic rings. The lowest BCUT2D eigenvalue weighted by molar-refractivity contribution is 0.112. The van der Waals surface area contributed by atoms with Gasteiger partial charge in [-0.15, -0.1) is 0 Å². The van der Waals surface area contributed by atoms with E-state index in [0.29, 0.717) is 6.04 Å². The van der Waals surface area contributed by atoms with Gasteiger partial charge in [0, 0.05) is 11.1 Å². The molecular formula is C14H22BrNO. The van der Waals surface area contributed by atoms with Gasteiger partial charge in [-0.2, -0.15) is 0 Å². The third-order valence-electron chi connectivity index (χ3n) is 2.55. The van der Waals surface area contributed by atoms with Crippen LogP contribution in [-0.2, 0) is 4.74 Å². The molecule has 0 saturated carbocycles. The van der Waals surface area contributed by atoms with E-state index in [1.54, 1.807) is 0 Å². The first kappa shape index (κ1) is 14.7. The molecule has 96 valence electrons. The average Bonchev–Trinajstić information content (AvgIpc) is 2.35. The SMILES string of the molecule is CCCNC(COCCC)c1ccc(Br)cc1. The second-order valence-electron chi connectivity index (χ2n) is 4.13. The molecule has 0 radical (unpaired) electrons. The summed E-state index contributed by atoms with van der Waals surface area (Å²) in [7, 11) is 0. The van der Waals surface area contributed by atoms with Crippen LogP contribution in [0.4, 0.5) is 0 Å². The Morgan fingerprint density at radius 1 is 1.18 bits per heavy atom.